The number of rotatable bonds is 4. The summed E-state index contributed by atoms with van der Waals surface area (Å²) in [5, 5.41) is 3.04. The number of aromatic nitrogens is 2. The van der Waals surface area contributed by atoms with Gasteiger partial charge in [-0.15, -0.1) is 0 Å². The first-order valence-corrected chi connectivity index (χ1v) is 8.41. The lowest BCUT2D eigenvalue weighted by molar-refractivity contribution is 0.0777. The fourth-order valence-corrected chi connectivity index (χ4v) is 3.40. The zero-order chi connectivity index (χ0) is 17.2. The van der Waals surface area contributed by atoms with Gasteiger partial charge in [-0.2, -0.15) is 0 Å². The van der Waals surface area contributed by atoms with Crippen molar-refractivity contribution >= 4 is 11.9 Å². The first-order chi connectivity index (χ1) is 11.5. The Morgan fingerprint density at radius 2 is 1.92 bits per heavy atom. The first kappa shape index (κ1) is 16.4. The predicted molar refractivity (Wildman–Crippen MR) is 95.1 cm³/mol. The number of benzene rings is 1. The van der Waals surface area contributed by atoms with Crippen LogP contribution in [-0.4, -0.2) is 40.4 Å². The standard InChI is InChI=1S/C19H24N4O/c1-4-20-18-21-10-15(11-22-18)17(24)23-12-16(19(2,3)13-23)14-8-6-5-7-9-14/h5-11,16H,4,12-13H2,1-3H3,(H,20,21,22)/t16-/m1/s1. The molecule has 0 radical (unpaired) electrons. The van der Waals surface area contributed by atoms with E-state index in [-0.39, 0.29) is 11.3 Å². The Kier molecular flexibility index (Phi) is 4.51. The SMILES string of the molecule is CCNc1ncc(C(=O)N2C[C@H](c3ccccc3)C(C)(C)C2)cn1. The Morgan fingerprint density at radius 1 is 1.25 bits per heavy atom. The van der Waals surface area contributed by atoms with Crippen LogP contribution in [0, 0.1) is 5.41 Å². The summed E-state index contributed by atoms with van der Waals surface area (Å²) in [5.41, 5.74) is 1.87. The molecule has 1 aromatic heterocycles. The van der Waals surface area contributed by atoms with E-state index in [4.69, 9.17) is 0 Å². The van der Waals surface area contributed by atoms with Crippen LogP contribution in [0.25, 0.3) is 0 Å². The fourth-order valence-electron chi connectivity index (χ4n) is 3.40. The Labute approximate surface area is 143 Å². The zero-order valence-corrected chi connectivity index (χ0v) is 14.5. The van der Waals surface area contributed by atoms with Gasteiger partial charge in [0.1, 0.15) is 0 Å². The molecule has 1 N–H and O–H groups in total. The van der Waals surface area contributed by atoms with Crippen molar-refractivity contribution in [2.45, 2.75) is 26.7 Å². The van der Waals surface area contributed by atoms with E-state index in [0.717, 1.165) is 19.6 Å². The third kappa shape index (κ3) is 3.25. The van der Waals surface area contributed by atoms with Gasteiger partial charge < -0.3 is 10.2 Å². The van der Waals surface area contributed by atoms with Gasteiger partial charge in [0.2, 0.25) is 5.95 Å². The Balaban J connectivity index is 1.77. The molecule has 1 fully saturated rings. The average molecular weight is 324 g/mol. The van der Waals surface area contributed by atoms with E-state index in [0.29, 0.717) is 17.4 Å². The van der Waals surface area contributed by atoms with Gasteiger partial charge in [-0.05, 0) is 17.9 Å². The van der Waals surface area contributed by atoms with Crippen molar-refractivity contribution in [2.75, 3.05) is 25.0 Å². The van der Waals surface area contributed by atoms with Crippen molar-refractivity contribution < 1.29 is 4.79 Å². The Bertz CT molecular complexity index is 697. The Hall–Kier alpha value is -2.43. The molecule has 3 rings (SSSR count). The highest BCUT2D eigenvalue weighted by atomic mass is 16.2. The summed E-state index contributed by atoms with van der Waals surface area (Å²) in [6.07, 6.45) is 3.21. The number of nitrogens with zero attached hydrogens (tertiary/aromatic N) is 3. The number of likely N-dealkylation sites (tertiary alicyclic amines) is 1. The van der Waals surface area contributed by atoms with Crippen molar-refractivity contribution in [1.82, 2.24) is 14.9 Å². The average Bonchev–Trinajstić information content (AvgIpc) is 2.91. The summed E-state index contributed by atoms with van der Waals surface area (Å²) in [6, 6.07) is 10.4. The first-order valence-electron chi connectivity index (χ1n) is 8.41. The van der Waals surface area contributed by atoms with E-state index in [9.17, 15) is 4.79 Å². The summed E-state index contributed by atoms with van der Waals surface area (Å²) < 4.78 is 0. The van der Waals surface area contributed by atoms with Crippen LogP contribution in [0.2, 0.25) is 0 Å². The minimum Gasteiger partial charge on any atom is -0.355 e. The minimum absolute atomic E-state index is 0.00422. The van der Waals surface area contributed by atoms with E-state index < -0.39 is 0 Å². The molecule has 0 aliphatic carbocycles. The quantitative estimate of drug-likeness (QED) is 0.938. The molecule has 0 spiro atoms. The maximum absolute atomic E-state index is 12.8. The zero-order valence-electron chi connectivity index (χ0n) is 14.5. The molecule has 0 saturated carbocycles. The molecule has 2 aromatic rings. The lowest BCUT2D eigenvalue weighted by Crippen LogP contribution is -2.30. The normalized spacial score (nSPS) is 19.3. The molecule has 24 heavy (non-hydrogen) atoms. The molecule has 126 valence electrons. The second-order valence-electron chi connectivity index (χ2n) is 6.96. The number of amides is 1. The molecule has 1 atom stereocenters. The van der Waals surface area contributed by atoms with Gasteiger partial charge in [0.25, 0.3) is 5.91 Å². The van der Waals surface area contributed by atoms with Crippen molar-refractivity contribution in [3.05, 3.63) is 53.9 Å². The second kappa shape index (κ2) is 6.59. The van der Waals surface area contributed by atoms with Crippen molar-refractivity contribution in [1.29, 1.82) is 0 Å². The molecule has 2 heterocycles. The summed E-state index contributed by atoms with van der Waals surface area (Å²) in [6.45, 7) is 8.65. The molecule has 0 bridgehead atoms. The molecule has 1 saturated heterocycles. The highest BCUT2D eigenvalue weighted by Gasteiger charge is 2.42. The van der Waals surface area contributed by atoms with Crippen LogP contribution in [-0.2, 0) is 0 Å². The van der Waals surface area contributed by atoms with Crippen LogP contribution in [0.3, 0.4) is 0 Å². The minimum atomic E-state index is 0.00422. The summed E-state index contributed by atoms with van der Waals surface area (Å²) >= 11 is 0. The van der Waals surface area contributed by atoms with E-state index in [1.165, 1.54) is 5.56 Å². The van der Waals surface area contributed by atoms with Gasteiger partial charge in [-0.1, -0.05) is 44.2 Å². The van der Waals surface area contributed by atoms with E-state index in [1.807, 2.05) is 17.9 Å². The molecular weight excluding hydrogens is 300 g/mol. The molecule has 1 amide bonds. The maximum atomic E-state index is 12.8. The van der Waals surface area contributed by atoms with Crippen LogP contribution >= 0.6 is 0 Å². The Morgan fingerprint density at radius 3 is 2.54 bits per heavy atom. The largest absolute Gasteiger partial charge is 0.355 e. The maximum Gasteiger partial charge on any atom is 0.257 e. The van der Waals surface area contributed by atoms with E-state index >= 15 is 0 Å². The van der Waals surface area contributed by atoms with Crippen LogP contribution in [0.1, 0.15) is 42.6 Å². The predicted octanol–water partition coefficient (Wildman–Crippen LogP) is 3.17. The molecule has 0 unspecified atom stereocenters. The lowest BCUT2D eigenvalue weighted by atomic mass is 9.78. The summed E-state index contributed by atoms with van der Waals surface area (Å²) in [4.78, 5) is 23.1. The molecule has 1 aliphatic heterocycles. The highest BCUT2D eigenvalue weighted by molar-refractivity contribution is 5.94. The van der Waals surface area contributed by atoms with Gasteiger partial charge in [-0.25, -0.2) is 9.97 Å². The molecule has 1 aliphatic rings. The van der Waals surface area contributed by atoms with Gasteiger partial charge in [0.05, 0.1) is 5.56 Å². The highest BCUT2D eigenvalue weighted by Crippen LogP contribution is 2.42. The number of carbonyl (C=O) groups excluding carboxylic acids is 1. The van der Waals surface area contributed by atoms with Gasteiger partial charge in [0.15, 0.2) is 0 Å². The molecule has 5 heteroatoms. The monoisotopic (exact) mass is 324 g/mol. The van der Waals surface area contributed by atoms with Gasteiger partial charge in [0, 0.05) is 37.9 Å². The smallest absolute Gasteiger partial charge is 0.257 e. The molecule has 1 aromatic carbocycles. The van der Waals surface area contributed by atoms with Crippen LogP contribution in [0.15, 0.2) is 42.7 Å². The van der Waals surface area contributed by atoms with Crippen LogP contribution in [0.5, 0.6) is 0 Å². The van der Waals surface area contributed by atoms with Gasteiger partial charge >= 0.3 is 0 Å². The van der Waals surface area contributed by atoms with Crippen molar-refractivity contribution in [3.63, 3.8) is 0 Å². The third-order valence-corrected chi connectivity index (χ3v) is 4.67. The number of nitrogens with one attached hydrogen (secondary N) is 1. The number of anilines is 1. The number of carbonyl (C=O) groups is 1. The van der Waals surface area contributed by atoms with Crippen molar-refractivity contribution in [3.8, 4) is 0 Å². The molecular formula is C19H24N4O. The van der Waals surface area contributed by atoms with Crippen LogP contribution < -0.4 is 5.32 Å². The molecule has 5 nitrogen and oxygen atoms in total. The number of hydrogen-bond donors (Lipinski definition) is 1. The fraction of sp³-hybridized carbons (Fsp3) is 0.421. The lowest BCUT2D eigenvalue weighted by Gasteiger charge is -2.25. The van der Waals surface area contributed by atoms with Crippen LogP contribution in [0.4, 0.5) is 5.95 Å². The second-order valence-corrected chi connectivity index (χ2v) is 6.96. The number of hydrogen-bond acceptors (Lipinski definition) is 4. The van der Waals surface area contributed by atoms with E-state index in [1.54, 1.807) is 12.4 Å². The van der Waals surface area contributed by atoms with E-state index in [2.05, 4.69) is 53.4 Å². The van der Waals surface area contributed by atoms with Gasteiger partial charge in [-0.3, -0.25) is 4.79 Å². The topological polar surface area (TPSA) is 58.1 Å². The summed E-state index contributed by atoms with van der Waals surface area (Å²) in [7, 11) is 0. The summed E-state index contributed by atoms with van der Waals surface area (Å²) in [5.74, 6) is 0.895. The third-order valence-electron chi connectivity index (χ3n) is 4.67. The van der Waals surface area contributed by atoms with Crippen molar-refractivity contribution in [2.24, 2.45) is 5.41 Å².